The molecule has 0 aliphatic carbocycles. The van der Waals surface area contributed by atoms with Crippen molar-refractivity contribution in [2.45, 2.75) is 52.0 Å². The number of hydrogen-bond donors (Lipinski definition) is 0. The zero-order chi connectivity index (χ0) is 18.1. The molecule has 0 aliphatic rings. The fourth-order valence-electron chi connectivity index (χ4n) is 3.83. The highest BCUT2D eigenvalue weighted by Crippen LogP contribution is 2.32. The van der Waals surface area contributed by atoms with Crippen molar-refractivity contribution in [2.24, 2.45) is 5.41 Å². The molecule has 3 rings (SSSR count). The summed E-state index contributed by atoms with van der Waals surface area (Å²) in [6, 6.07) is 21.7. The highest BCUT2D eigenvalue weighted by atomic mass is 15.0. The monoisotopic (exact) mass is 346 g/mol. The zero-order valence-electron chi connectivity index (χ0n) is 15.8. The van der Waals surface area contributed by atoms with Gasteiger partial charge >= 0.3 is 0 Å². The number of aromatic nitrogens is 2. The minimum Gasteiger partial charge on any atom is -0.337 e. The van der Waals surface area contributed by atoms with Crippen molar-refractivity contribution in [3.05, 3.63) is 90.5 Å². The fourth-order valence-corrected chi connectivity index (χ4v) is 3.83. The summed E-state index contributed by atoms with van der Waals surface area (Å²) in [5, 5.41) is 0. The molecule has 0 saturated heterocycles. The third kappa shape index (κ3) is 5.87. The molecule has 0 aliphatic heterocycles. The SMILES string of the molecule is CC(CCCc1ccccc1)(CCCc1ccccc1)Cn1ccnc1. The molecule has 0 radical (unpaired) electrons. The van der Waals surface area contributed by atoms with Crippen LogP contribution in [0.5, 0.6) is 0 Å². The molecule has 2 nitrogen and oxygen atoms in total. The smallest absolute Gasteiger partial charge is 0.0946 e. The van der Waals surface area contributed by atoms with E-state index in [2.05, 4.69) is 83.3 Å². The first-order valence-electron chi connectivity index (χ1n) is 9.77. The van der Waals surface area contributed by atoms with E-state index in [0.29, 0.717) is 5.41 Å². The first-order valence-corrected chi connectivity index (χ1v) is 9.77. The van der Waals surface area contributed by atoms with E-state index in [4.69, 9.17) is 0 Å². The van der Waals surface area contributed by atoms with Crippen LogP contribution in [-0.2, 0) is 19.4 Å². The molecular formula is C24H30N2. The first kappa shape index (κ1) is 18.4. The van der Waals surface area contributed by atoms with Gasteiger partial charge < -0.3 is 4.57 Å². The predicted octanol–water partition coefficient (Wildman–Crippen LogP) is 5.94. The van der Waals surface area contributed by atoms with Gasteiger partial charge in [0.1, 0.15) is 0 Å². The van der Waals surface area contributed by atoms with Crippen LogP contribution in [0.25, 0.3) is 0 Å². The molecule has 136 valence electrons. The Balaban J connectivity index is 1.55. The average Bonchev–Trinajstić information content (AvgIpc) is 3.16. The second kappa shape index (κ2) is 9.38. The van der Waals surface area contributed by atoms with Crippen LogP contribution in [0.1, 0.15) is 43.7 Å². The molecular weight excluding hydrogens is 316 g/mol. The number of rotatable bonds is 10. The molecule has 0 bridgehead atoms. The highest BCUT2D eigenvalue weighted by molar-refractivity contribution is 5.15. The Morgan fingerprint density at radius 1 is 0.808 bits per heavy atom. The number of benzene rings is 2. The lowest BCUT2D eigenvalue weighted by molar-refractivity contribution is 0.217. The molecule has 0 amide bonds. The Bertz CT molecular complexity index is 687. The number of aryl methyl sites for hydroxylation is 2. The summed E-state index contributed by atoms with van der Waals surface area (Å²) in [5.74, 6) is 0. The highest BCUT2D eigenvalue weighted by Gasteiger charge is 2.24. The number of nitrogens with zero attached hydrogens (tertiary/aromatic N) is 2. The van der Waals surface area contributed by atoms with Crippen molar-refractivity contribution in [1.82, 2.24) is 9.55 Å². The molecule has 2 aromatic carbocycles. The van der Waals surface area contributed by atoms with E-state index in [1.54, 1.807) is 0 Å². The summed E-state index contributed by atoms with van der Waals surface area (Å²) in [5.41, 5.74) is 3.20. The molecule has 0 spiro atoms. The molecule has 3 aromatic rings. The van der Waals surface area contributed by atoms with Crippen LogP contribution in [0.2, 0.25) is 0 Å². The van der Waals surface area contributed by atoms with Crippen LogP contribution in [0.4, 0.5) is 0 Å². The molecule has 0 unspecified atom stereocenters. The Morgan fingerprint density at radius 3 is 1.81 bits per heavy atom. The number of imidazole rings is 1. The topological polar surface area (TPSA) is 17.8 Å². The minimum absolute atomic E-state index is 0.310. The Labute approximate surface area is 157 Å². The van der Waals surface area contributed by atoms with Crippen molar-refractivity contribution in [2.75, 3.05) is 0 Å². The van der Waals surface area contributed by atoms with Gasteiger partial charge in [-0.1, -0.05) is 67.6 Å². The van der Waals surface area contributed by atoms with Crippen molar-refractivity contribution in [1.29, 1.82) is 0 Å². The van der Waals surface area contributed by atoms with Gasteiger partial charge in [0.25, 0.3) is 0 Å². The summed E-state index contributed by atoms with van der Waals surface area (Å²) in [6.45, 7) is 3.50. The van der Waals surface area contributed by atoms with Crippen molar-refractivity contribution < 1.29 is 0 Å². The second-order valence-electron chi connectivity index (χ2n) is 7.72. The van der Waals surface area contributed by atoms with E-state index in [1.807, 2.05) is 12.5 Å². The van der Waals surface area contributed by atoms with Gasteiger partial charge in [0.15, 0.2) is 0 Å². The maximum atomic E-state index is 4.23. The van der Waals surface area contributed by atoms with Crippen LogP contribution in [0.15, 0.2) is 79.4 Å². The summed E-state index contributed by atoms with van der Waals surface area (Å²) in [7, 11) is 0. The largest absolute Gasteiger partial charge is 0.337 e. The van der Waals surface area contributed by atoms with E-state index in [1.165, 1.54) is 49.7 Å². The lowest BCUT2D eigenvalue weighted by Gasteiger charge is -2.30. The Kier molecular flexibility index (Phi) is 6.65. The second-order valence-corrected chi connectivity index (χ2v) is 7.72. The van der Waals surface area contributed by atoms with Gasteiger partial charge in [-0.05, 0) is 55.1 Å². The van der Waals surface area contributed by atoms with Gasteiger partial charge in [0.05, 0.1) is 6.33 Å². The Hall–Kier alpha value is -2.35. The maximum absolute atomic E-state index is 4.23. The molecule has 26 heavy (non-hydrogen) atoms. The predicted molar refractivity (Wildman–Crippen MR) is 109 cm³/mol. The quantitative estimate of drug-likeness (QED) is 0.444. The summed E-state index contributed by atoms with van der Waals surface area (Å²) in [6.07, 6.45) is 13.2. The molecule has 1 aromatic heterocycles. The van der Waals surface area contributed by atoms with Gasteiger partial charge in [0, 0.05) is 18.9 Å². The van der Waals surface area contributed by atoms with Gasteiger partial charge in [-0.25, -0.2) is 4.98 Å². The van der Waals surface area contributed by atoms with E-state index in [0.717, 1.165) is 6.54 Å². The summed E-state index contributed by atoms with van der Waals surface area (Å²) in [4.78, 5) is 4.23. The van der Waals surface area contributed by atoms with Crippen LogP contribution in [0.3, 0.4) is 0 Å². The van der Waals surface area contributed by atoms with Crippen LogP contribution in [-0.4, -0.2) is 9.55 Å². The standard InChI is InChI=1S/C24H30N2/c1-24(20-26-19-18-25-21-26,16-8-14-22-10-4-2-5-11-22)17-9-15-23-12-6-3-7-13-23/h2-7,10-13,18-19,21H,8-9,14-17,20H2,1H3. The lowest BCUT2D eigenvalue weighted by atomic mass is 9.79. The van der Waals surface area contributed by atoms with Crippen LogP contribution < -0.4 is 0 Å². The van der Waals surface area contributed by atoms with Gasteiger partial charge in [0.2, 0.25) is 0 Å². The molecule has 0 saturated carbocycles. The van der Waals surface area contributed by atoms with Crippen LogP contribution >= 0.6 is 0 Å². The normalized spacial score (nSPS) is 11.6. The third-order valence-corrected chi connectivity index (χ3v) is 5.30. The number of hydrogen-bond acceptors (Lipinski definition) is 1. The fraction of sp³-hybridized carbons (Fsp3) is 0.375. The molecule has 0 N–H and O–H groups in total. The maximum Gasteiger partial charge on any atom is 0.0946 e. The lowest BCUT2D eigenvalue weighted by Crippen LogP contribution is -2.23. The van der Waals surface area contributed by atoms with Crippen molar-refractivity contribution in [3.8, 4) is 0 Å². The summed E-state index contributed by atoms with van der Waals surface area (Å²) < 4.78 is 2.24. The zero-order valence-corrected chi connectivity index (χ0v) is 15.8. The minimum atomic E-state index is 0.310. The van der Waals surface area contributed by atoms with Gasteiger partial charge in [-0.2, -0.15) is 0 Å². The van der Waals surface area contributed by atoms with Gasteiger partial charge in [-0.3, -0.25) is 0 Å². The van der Waals surface area contributed by atoms with Crippen molar-refractivity contribution >= 4 is 0 Å². The molecule has 2 heteroatoms. The van der Waals surface area contributed by atoms with E-state index in [-0.39, 0.29) is 0 Å². The molecule has 0 atom stereocenters. The summed E-state index contributed by atoms with van der Waals surface area (Å²) >= 11 is 0. The van der Waals surface area contributed by atoms with E-state index >= 15 is 0 Å². The van der Waals surface area contributed by atoms with E-state index < -0.39 is 0 Å². The average molecular weight is 347 g/mol. The first-order chi connectivity index (χ1) is 12.7. The van der Waals surface area contributed by atoms with Gasteiger partial charge in [-0.15, -0.1) is 0 Å². The molecule has 0 fully saturated rings. The van der Waals surface area contributed by atoms with Crippen molar-refractivity contribution in [3.63, 3.8) is 0 Å². The van der Waals surface area contributed by atoms with E-state index in [9.17, 15) is 0 Å². The third-order valence-electron chi connectivity index (χ3n) is 5.30. The molecule has 1 heterocycles. The van der Waals surface area contributed by atoms with Crippen LogP contribution in [0, 0.1) is 5.41 Å². The Morgan fingerprint density at radius 2 is 1.35 bits per heavy atom.